The first-order valence-electron chi connectivity index (χ1n) is 8.70. The fraction of sp³-hybridized carbons (Fsp3) is 0.400. The van der Waals surface area contributed by atoms with Gasteiger partial charge in [0.1, 0.15) is 0 Å². The van der Waals surface area contributed by atoms with Crippen molar-refractivity contribution in [1.82, 2.24) is 5.32 Å². The van der Waals surface area contributed by atoms with Crippen LogP contribution in [0.1, 0.15) is 51.5 Å². The van der Waals surface area contributed by atoms with Crippen molar-refractivity contribution in [1.29, 1.82) is 0 Å². The second-order valence-corrected chi connectivity index (χ2v) is 7.65. The van der Waals surface area contributed by atoms with E-state index in [1.807, 2.05) is 13.0 Å². The minimum absolute atomic E-state index is 0.0298. The molecule has 0 unspecified atom stereocenters. The highest BCUT2D eigenvalue weighted by atomic mass is 35.5. The number of carbonyl (C=O) groups is 2. The summed E-state index contributed by atoms with van der Waals surface area (Å²) in [4.78, 5) is 25.6. The van der Waals surface area contributed by atoms with Gasteiger partial charge in [-0.3, -0.25) is 4.79 Å². The van der Waals surface area contributed by atoms with Crippen molar-refractivity contribution in [2.24, 2.45) is 0 Å². The van der Waals surface area contributed by atoms with Crippen LogP contribution in [0.25, 0.3) is 0 Å². The Balaban J connectivity index is 2.21. The van der Waals surface area contributed by atoms with Gasteiger partial charge in [-0.2, -0.15) is 0 Å². The second-order valence-electron chi connectivity index (χ2n) is 6.86. The van der Waals surface area contributed by atoms with Crippen LogP contribution in [0.15, 0.2) is 40.7 Å². The molecule has 0 radical (unpaired) electrons. The Morgan fingerprint density at radius 2 is 2.00 bits per heavy atom. The van der Waals surface area contributed by atoms with Crippen LogP contribution < -0.4 is 5.32 Å². The molecule has 0 fully saturated rings. The minimum atomic E-state index is -0.573. The molecule has 1 N–H and O–H groups in total. The number of hydrogen-bond acceptors (Lipinski definition) is 4. The molecule has 0 bridgehead atoms. The van der Waals surface area contributed by atoms with E-state index in [1.165, 1.54) is 0 Å². The molecule has 0 spiro atoms. The lowest BCUT2D eigenvalue weighted by molar-refractivity contribution is -0.143. The summed E-state index contributed by atoms with van der Waals surface area (Å²) < 4.78 is 5.45. The number of ketones is 1. The Kier molecular flexibility index (Phi) is 5.44. The molecule has 2 aliphatic rings. The Morgan fingerprint density at radius 1 is 1.27 bits per heavy atom. The highest BCUT2D eigenvalue weighted by Gasteiger charge is 2.40. The molecule has 1 aromatic carbocycles. The molecule has 1 heterocycles. The molecular weight excluding hydrogens is 373 g/mol. The first-order chi connectivity index (χ1) is 12.3. The number of hydrogen-bond donors (Lipinski definition) is 1. The molecule has 1 atom stereocenters. The summed E-state index contributed by atoms with van der Waals surface area (Å²) in [6, 6.07) is 5.28. The maximum absolute atomic E-state index is 12.9. The predicted octanol–water partition coefficient (Wildman–Crippen LogP) is 4.91. The van der Waals surface area contributed by atoms with Crippen LogP contribution in [0, 0.1) is 0 Å². The van der Waals surface area contributed by atoms with Crippen molar-refractivity contribution in [2.75, 3.05) is 0 Å². The zero-order valence-corrected chi connectivity index (χ0v) is 16.5. The number of nitrogens with one attached hydrogen (secondary N) is 1. The summed E-state index contributed by atoms with van der Waals surface area (Å²) in [6.07, 6.45) is 1.75. The topological polar surface area (TPSA) is 55.4 Å². The average Bonchev–Trinajstić information content (AvgIpc) is 2.55. The van der Waals surface area contributed by atoms with E-state index < -0.39 is 11.9 Å². The number of ether oxygens (including phenoxy) is 1. The quantitative estimate of drug-likeness (QED) is 0.740. The summed E-state index contributed by atoms with van der Waals surface area (Å²) in [5.41, 5.74) is 3.21. The summed E-state index contributed by atoms with van der Waals surface area (Å²) in [6.45, 7) is 5.41. The van der Waals surface area contributed by atoms with Gasteiger partial charge >= 0.3 is 5.97 Å². The first kappa shape index (κ1) is 19.0. The first-order valence-corrected chi connectivity index (χ1v) is 9.45. The summed E-state index contributed by atoms with van der Waals surface area (Å²) in [5, 5.41) is 3.99. The summed E-state index contributed by atoms with van der Waals surface area (Å²) in [5.74, 6) is -0.991. The number of dihydropyridines is 1. The molecule has 3 rings (SSSR count). The molecule has 26 heavy (non-hydrogen) atoms. The summed E-state index contributed by atoms with van der Waals surface area (Å²) >= 11 is 12.7. The Bertz CT molecular complexity index is 839. The molecule has 1 aromatic rings. The van der Waals surface area contributed by atoms with Crippen LogP contribution >= 0.6 is 23.2 Å². The Morgan fingerprint density at radius 3 is 2.69 bits per heavy atom. The number of carbonyl (C=O) groups excluding carboxylic acids is 2. The maximum atomic E-state index is 12.9. The molecule has 0 saturated heterocycles. The van der Waals surface area contributed by atoms with Gasteiger partial charge in [-0.25, -0.2) is 4.79 Å². The van der Waals surface area contributed by atoms with Gasteiger partial charge in [0.25, 0.3) is 0 Å². The number of allylic oxidation sites excluding steroid dienone is 3. The number of rotatable bonds is 3. The highest BCUT2D eigenvalue weighted by Crippen LogP contribution is 2.45. The second kappa shape index (κ2) is 7.45. The smallest absolute Gasteiger partial charge is 0.337 e. The van der Waals surface area contributed by atoms with Crippen LogP contribution in [0.2, 0.25) is 10.0 Å². The van der Waals surface area contributed by atoms with Crippen molar-refractivity contribution >= 4 is 35.0 Å². The average molecular weight is 394 g/mol. The largest absolute Gasteiger partial charge is 0.460 e. The molecule has 4 nitrogen and oxygen atoms in total. The Hall–Kier alpha value is -1.78. The minimum Gasteiger partial charge on any atom is -0.460 e. The third-order valence-electron chi connectivity index (χ3n) is 4.63. The van der Waals surface area contributed by atoms with E-state index in [2.05, 4.69) is 5.32 Å². The third-order valence-corrected chi connectivity index (χ3v) is 5.46. The predicted molar refractivity (Wildman–Crippen MR) is 102 cm³/mol. The molecule has 1 aliphatic carbocycles. The van der Waals surface area contributed by atoms with Gasteiger partial charge in [0.2, 0.25) is 0 Å². The van der Waals surface area contributed by atoms with Crippen LogP contribution in [-0.2, 0) is 14.3 Å². The fourth-order valence-electron chi connectivity index (χ4n) is 3.59. The maximum Gasteiger partial charge on any atom is 0.337 e. The van der Waals surface area contributed by atoms with E-state index in [0.717, 1.165) is 18.5 Å². The standard InChI is InChI=1S/C20H21Cl2NO3/c1-10(2)26-20(25)16-11(3)23-14-8-5-9-15(24)18(14)17(16)12-6-4-7-13(21)19(12)22/h4,6-7,10,17,23H,5,8-9H2,1-3H3/t17-/m1/s1. The van der Waals surface area contributed by atoms with Gasteiger partial charge in [-0.15, -0.1) is 0 Å². The summed E-state index contributed by atoms with van der Waals surface area (Å²) in [7, 11) is 0. The lowest BCUT2D eigenvalue weighted by Crippen LogP contribution is -2.35. The van der Waals surface area contributed by atoms with Crippen LogP contribution in [0.5, 0.6) is 0 Å². The van der Waals surface area contributed by atoms with Crippen LogP contribution in [0.4, 0.5) is 0 Å². The Labute approximate surface area is 163 Å². The highest BCUT2D eigenvalue weighted by molar-refractivity contribution is 6.42. The normalized spacial score (nSPS) is 20.2. The zero-order valence-electron chi connectivity index (χ0n) is 15.0. The van der Waals surface area contributed by atoms with Gasteiger partial charge in [0, 0.05) is 29.3 Å². The van der Waals surface area contributed by atoms with Crippen molar-refractivity contribution in [3.63, 3.8) is 0 Å². The van der Waals surface area contributed by atoms with E-state index in [0.29, 0.717) is 38.9 Å². The van der Waals surface area contributed by atoms with E-state index in [9.17, 15) is 9.59 Å². The lowest BCUT2D eigenvalue weighted by Gasteiger charge is -2.34. The number of Topliss-reactive ketones (excluding diaryl/α,β-unsaturated/α-hetero) is 1. The monoisotopic (exact) mass is 393 g/mol. The molecule has 1 aliphatic heterocycles. The molecule has 6 heteroatoms. The van der Waals surface area contributed by atoms with Gasteiger partial charge in [-0.1, -0.05) is 35.3 Å². The van der Waals surface area contributed by atoms with Crippen molar-refractivity contribution in [2.45, 2.75) is 52.1 Å². The number of esters is 1. The lowest BCUT2D eigenvalue weighted by atomic mass is 9.75. The fourth-order valence-corrected chi connectivity index (χ4v) is 4.00. The van der Waals surface area contributed by atoms with E-state index >= 15 is 0 Å². The zero-order chi connectivity index (χ0) is 19.0. The van der Waals surface area contributed by atoms with Gasteiger partial charge in [0.15, 0.2) is 5.78 Å². The van der Waals surface area contributed by atoms with Gasteiger partial charge in [0.05, 0.1) is 21.7 Å². The van der Waals surface area contributed by atoms with Crippen molar-refractivity contribution < 1.29 is 14.3 Å². The number of halogens is 2. The molecule has 138 valence electrons. The van der Waals surface area contributed by atoms with Crippen molar-refractivity contribution in [3.05, 3.63) is 56.3 Å². The van der Waals surface area contributed by atoms with E-state index in [-0.39, 0.29) is 11.9 Å². The number of benzene rings is 1. The SMILES string of the molecule is CC1=C(C(=O)OC(C)C)[C@@H](c2cccc(Cl)c2Cl)C2=C(CCCC2=O)N1. The van der Waals surface area contributed by atoms with Gasteiger partial charge < -0.3 is 10.1 Å². The van der Waals surface area contributed by atoms with Crippen LogP contribution in [0.3, 0.4) is 0 Å². The molecule has 0 aromatic heterocycles. The van der Waals surface area contributed by atoms with Crippen molar-refractivity contribution in [3.8, 4) is 0 Å². The third kappa shape index (κ3) is 3.40. The molecule has 0 amide bonds. The van der Waals surface area contributed by atoms with E-state index in [4.69, 9.17) is 27.9 Å². The molecular formula is C20H21Cl2NO3. The van der Waals surface area contributed by atoms with Gasteiger partial charge in [-0.05, 0) is 45.2 Å². The molecule has 0 saturated carbocycles. The van der Waals surface area contributed by atoms with E-state index in [1.54, 1.807) is 26.0 Å². The van der Waals surface area contributed by atoms with Crippen LogP contribution in [-0.4, -0.2) is 17.9 Å².